The summed E-state index contributed by atoms with van der Waals surface area (Å²) in [4.78, 5) is 35.6. The van der Waals surface area contributed by atoms with Crippen molar-refractivity contribution >= 4 is 40.8 Å². The number of likely N-dealkylation sites (tertiary alicyclic amines) is 1. The number of aliphatic imine (C=N–C) groups is 1. The molecule has 1 amide bonds. The molecule has 1 N–H and O–H groups in total. The van der Waals surface area contributed by atoms with E-state index >= 15 is 0 Å². The van der Waals surface area contributed by atoms with Crippen molar-refractivity contribution < 1.29 is 14.7 Å². The van der Waals surface area contributed by atoms with E-state index < -0.39 is 11.6 Å². The molecule has 2 aromatic rings. The molecule has 0 bridgehead atoms. The van der Waals surface area contributed by atoms with Crippen LogP contribution in [0.3, 0.4) is 0 Å². The van der Waals surface area contributed by atoms with Gasteiger partial charge in [-0.05, 0) is 72.5 Å². The van der Waals surface area contributed by atoms with Crippen LogP contribution in [-0.4, -0.2) is 57.8 Å². The number of carbonyl (C=O) groups excluding carboxylic acids is 1. The van der Waals surface area contributed by atoms with Gasteiger partial charge in [0.2, 0.25) is 0 Å². The molecule has 40 heavy (non-hydrogen) atoms. The Morgan fingerprint density at radius 2 is 1.60 bits per heavy atom. The maximum atomic E-state index is 14.4. The van der Waals surface area contributed by atoms with Crippen molar-refractivity contribution in [2.24, 2.45) is 15.8 Å². The van der Waals surface area contributed by atoms with Crippen molar-refractivity contribution in [1.29, 1.82) is 0 Å². The molecule has 2 atom stereocenters. The predicted octanol–water partition coefficient (Wildman–Crippen LogP) is 7.73. The van der Waals surface area contributed by atoms with Crippen LogP contribution in [0.15, 0.2) is 47.5 Å². The van der Waals surface area contributed by atoms with E-state index in [2.05, 4.69) is 46.4 Å². The lowest BCUT2D eigenvalue weighted by Gasteiger charge is -2.40. The molecule has 2 aromatic carbocycles. The highest BCUT2D eigenvalue weighted by Gasteiger charge is 2.53. The van der Waals surface area contributed by atoms with Gasteiger partial charge in [-0.25, -0.2) is 9.79 Å². The molecule has 2 heterocycles. The molecule has 4 rings (SSSR count). The van der Waals surface area contributed by atoms with Crippen molar-refractivity contribution in [2.75, 3.05) is 19.6 Å². The van der Waals surface area contributed by atoms with E-state index in [1.165, 1.54) is 0 Å². The molecular weight excluding hydrogens is 545 g/mol. The van der Waals surface area contributed by atoms with Gasteiger partial charge in [0.15, 0.2) is 0 Å². The first-order valence-corrected chi connectivity index (χ1v) is 14.8. The van der Waals surface area contributed by atoms with Gasteiger partial charge in [-0.15, -0.1) is 0 Å². The number of benzene rings is 2. The van der Waals surface area contributed by atoms with E-state index in [9.17, 15) is 14.7 Å². The number of nitrogens with zero attached hydrogens (tertiary/aromatic N) is 3. The Morgan fingerprint density at radius 1 is 1.00 bits per heavy atom. The maximum absolute atomic E-state index is 14.4. The number of amides is 1. The topological polar surface area (TPSA) is 73.2 Å². The number of carboxylic acids is 1. The van der Waals surface area contributed by atoms with E-state index in [-0.39, 0.29) is 28.3 Å². The maximum Gasteiger partial charge on any atom is 0.335 e. The fourth-order valence-electron chi connectivity index (χ4n) is 5.61. The number of carboxylic acid groups (broad SMARTS) is 1. The van der Waals surface area contributed by atoms with Gasteiger partial charge < -0.3 is 10.0 Å². The molecule has 2 aliphatic rings. The number of aromatic carboxylic acids is 1. The van der Waals surface area contributed by atoms with E-state index in [0.717, 1.165) is 44.3 Å². The standard InChI is InChI=1S/C32H41Cl2N3O3/c1-30(2,3)12-11-26(21-7-9-22(10-8-21)29(39)40)37-28(38)27(23-17-24(33)19-25(34)18-23)35-32(37)14-16-36(20-32)15-13-31(4,5)6/h7-10,17-19,26H,11-16,20H2,1-6H3,(H,39,40)/t26-,32?/m1/s1. The highest BCUT2D eigenvalue weighted by atomic mass is 35.5. The fourth-order valence-corrected chi connectivity index (χ4v) is 6.14. The summed E-state index contributed by atoms with van der Waals surface area (Å²) < 4.78 is 0. The Bertz CT molecular complexity index is 1270. The van der Waals surface area contributed by atoms with Crippen LogP contribution in [-0.2, 0) is 4.79 Å². The minimum atomic E-state index is -0.972. The second kappa shape index (κ2) is 11.5. The average molecular weight is 587 g/mol. The van der Waals surface area contributed by atoms with E-state index in [1.807, 2.05) is 17.0 Å². The molecule has 0 radical (unpaired) electrons. The first-order valence-electron chi connectivity index (χ1n) is 14.0. The van der Waals surface area contributed by atoms with Crippen molar-refractivity contribution in [2.45, 2.75) is 78.9 Å². The Balaban J connectivity index is 1.79. The van der Waals surface area contributed by atoms with Gasteiger partial charge in [-0.1, -0.05) is 76.9 Å². The fraction of sp³-hybridized carbons (Fsp3) is 0.531. The molecule has 0 aliphatic carbocycles. The molecule has 1 saturated heterocycles. The monoisotopic (exact) mass is 585 g/mol. The minimum absolute atomic E-state index is 0.0494. The zero-order valence-electron chi connectivity index (χ0n) is 24.4. The molecule has 2 aliphatic heterocycles. The van der Waals surface area contributed by atoms with Crippen LogP contribution in [0.4, 0.5) is 0 Å². The Morgan fingerprint density at radius 3 is 2.15 bits per heavy atom. The van der Waals surface area contributed by atoms with Gasteiger partial charge in [-0.2, -0.15) is 0 Å². The molecule has 8 heteroatoms. The van der Waals surface area contributed by atoms with Gasteiger partial charge in [0, 0.05) is 35.1 Å². The summed E-state index contributed by atoms with van der Waals surface area (Å²) in [6, 6.07) is 11.8. The van der Waals surface area contributed by atoms with Crippen LogP contribution in [0.25, 0.3) is 0 Å². The normalized spacial score (nSPS) is 20.9. The molecule has 1 spiro atoms. The Labute approximate surface area is 248 Å². The quantitative estimate of drug-likeness (QED) is 0.344. The van der Waals surface area contributed by atoms with Crippen LogP contribution in [0, 0.1) is 10.8 Å². The summed E-state index contributed by atoms with van der Waals surface area (Å²) in [5.74, 6) is -1.11. The SMILES string of the molecule is CC(C)(C)CC[C@H](c1ccc(C(=O)O)cc1)N1C(=O)C(c2cc(Cl)cc(Cl)c2)=NC12CCN(CCC(C)(C)C)C2. The molecule has 216 valence electrons. The number of halogens is 2. The van der Waals surface area contributed by atoms with Crippen molar-refractivity contribution in [3.05, 3.63) is 69.2 Å². The van der Waals surface area contributed by atoms with Crippen LogP contribution in [0.2, 0.25) is 10.0 Å². The zero-order valence-corrected chi connectivity index (χ0v) is 25.9. The summed E-state index contributed by atoms with van der Waals surface area (Å²) in [5, 5.41) is 10.4. The van der Waals surface area contributed by atoms with Crippen molar-refractivity contribution in [3.63, 3.8) is 0 Å². The van der Waals surface area contributed by atoms with Crippen LogP contribution >= 0.6 is 23.2 Å². The predicted molar refractivity (Wildman–Crippen MR) is 163 cm³/mol. The number of rotatable bonds is 8. The molecule has 0 saturated carbocycles. The molecular formula is C32H41Cl2N3O3. The molecule has 1 fully saturated rings. The highest BCUT2D eigenvalue weighted by molar-refractivity contribution is 6.48. The molecule has 0 aromatic heterocycles. The lowest BCUT2D eigenvalue weighted by atomic mass is 9.85. The lowest BCUT2D eigenvalue weighted by Crippen LogP contribution is -2.50. The minimum Gasteiger partial charge on any atom is -0.478 e. The summed E-state index contributed by atoms with van der Waals surface area (Å²) in [6.07, 6.45) is 3.37. The third-order valence-corrected chi connectivity index (χ3v) is 8.27. The Hall–Kier alpha value is -2.41. The van der Waals surface area contributed by atoms with Gasteiger partial charge >= 0.3 is 5.97 Å². The van der Waals surface area contributed by atoms with E-state index in [4.69, 9.17) is 28.2 Å². The number of hydrogen-bond donors (Lipinski definition) is 1. The summed E-state index contributed by atoms with van der Waals surface area (Å²) in [5.41, 5.74) is 1.66. The van der Waals surface area contributed by atoms with E-state index in [0.29, 0.717) is 27.9 Å². The third kappa shape index (κ3) is 7.07. The zero-order chi connectivity index (χ0) is 29.5. The van der Waals surface area contributed by atoms with Gasteiger partial charge in [0.05, 0.1) is 11.6 Å². The van der Waals surface area contributed by atoms with Crippen LogP contribution in [0.1, 0.15) is 94.8 Å². The van der Waals surface area contributed by atoms with Crippen LogP contribution < -0.4 is 0 Å². The smallest absolute Gasteiger partial charge is 0.335 e. The number of carbonyl (C=O) groups is 2. The van der Waals surface area contributed by atoms with Gasteiger partial charge in [0.1, 0.15) is 11.4 Å². The van der Waals surface area contributed by atoms with E-state index in [1.54, 1.807) is 30.3 Å². The number of hydrogen-bond acceptors (Lipinski definition) is 4. The average Bonchev–Trinajstić information content (AvgIpc) is 3.37. The third-order valence-electron chi connectivity index (χ3n) is 7.83. The second-order valence-corrected chi connectivity index (χ2v) is 14.5. The van der Waals surface area contributed by atoms with Crippen molar-refractivity contribution in [1.82, 2.24) is 9.80 Å². The van der Waals surface area contributed by atoms with Gasteiger partial charge in [0.25, 0.3) is 5.91 Å². The highest BCUT2D eigenvalue weighted by Crippen LogP contribution is 2.44. The first-order chi connectivity index (χ1) is 18.6. The summed E-state index contributed by atoms with van der Waals surface area (Å²) >= 11 is 12.7. The largest absolute Gasteiger partial charge is 0.478 e. The molecule has 1 unspecified atom stereocenters. The lowest BCUT2D eigenvalue weighted by molar-refractivity contribution is -0.131. The first kappa shape index (κ1) is 30.5. The van der Waals surface area contributed by atoms with Gasteiger partial charge in [-0.3, -0.25) is 9.69 Å². The summed E-state index contributed by atoms with van der Waals surface area (Å²) in [7, 11) is 0. The van der Waals surface area contributed by atoms with Crippen LogP contribution in [0.5, 0.6) is 0 Å². The second-order valence-electron chi connectivity index (χ2n) is 13.7. The summed E-state index contributed by atoms with van der Waals surface area (Å²) in [6.45, 7) is 15.7. The molecule has 6 nitrogen and oxygen atoms in total. The Kier molecular flexibility index (Phi) is 8.75. The van der Waals surface area contributed by atoms with Crippen molar-refractivity contribution in [3.8, 4) is 0 Å².